The number of aryl methyl sites for hydroxylation is 2. The predicted molar refractivity (Wildman–Crippen MR) is 76.7 cm³/mol. The lowest BCUT2D eigenvalue weighted by atomic mass is 9.90. The van der Waals surface area contributed by atoms with Gasteiger partial charge < -0.3 is 10.1 Å². The molecule has 3 nitrogen and oxygen atoms in total. The third-order valence-corrected chi connectivity index (χ3v) is 3.61. The Balaban J connectivity index is 1.71. The van der Waals surface area contributed by atoms with Crippen molar-refractivity contribution in [2.24, 2.45) is 0 Å². The van der Waals surface area contributed by atoms with Crippen molar-refractivity contribution in [2.75, 3.05) is 19.8 Å². The maximum atomic E-state index is 11.9. The van der Waals surface area contributed by atoms with Gasteiger partial charge in [-0.25, -0.2) is 0 Å². The number of halogens is 3. The van der Waals surface area contributed by atoms with Crippen LogP contribution < -0.4 is 5.32 Å². The number of benzene rings is 1. The van der Waals surface area contributed by atoms with Gasteiger partial charge in [0.1, 0.15) is 6.61 Å². The summed E-state index contributed by atoms with van der Waals surface area (Å²) in [7, 11) is 0. The lowest BCUT2D eigenvalue weighted by molar-refractivity contribution is -0.173. The largest absolute Gasteiger partial charge is 0.411 e. The highest BCUT2D eigenvalue weighted by molar-refractivity contribution is 5.78. The summed E-state index contributed by atoms with van der Waals surface area (Å²) in [6.45, 7) is -1.34. The molecular weight excluding hydrogens is 295 g/mol. The first-order valence-electron chi connectivity index (χ1n) is 7.46. The number of alkyl halides is 3. The van der Waals surface area contributed by atoms with E-state index in [0.29, 0.717) is 0 Å². The van der Waals surface area contributed by atoms with Crippen LogP contribution in [0, 0.1) is 0 Å². The van der Waals surface area contributed by atoms with Gasteiger partial charge >= 0.3 is 6.18 Å². The number of fused-ring (bicyclic) bond motifs is 1. The predicted octanol–water partition coefficient (Wildman–Crippen LogP) is 2.80. The molecule has 22 heavy (non-hydrogen) atoms. The van der Waals surface area contributed by atoms with Crippen molar-refractivity contribution in [1.82, 2.24) is 5.32 Å². The van der Waals surface area contributed by atoms with E-state index in [1.807, 2.05) is 6.07 Å². The number of rotatable bonds is 6. The van der Waals surface area contributed by atoms with Gasteiger partial charge in [-0.05, 0) is 42.4 Å². The molecule has 0 fully saturated rings. The Morgan fingerprint density at radius 1 is 1.18 bits per heavy atom. The zero-order chi connectivity index (χ0) is 16.0. The topological polar surface area (TPSA) is 38.3 Å². The minimum absolute atomic E-state index is 0.0832. The highest BCUT2D eigenvalue weighted by atomic mass is 19.4. The lowest BCUT2D eigenvalue weighted by Crippen LogP contribution is -2.30. The molecule has 1 aromatic rings. The zero-order valence-corrected chi connectivity index (χ0v) is 12.3. The Hall–Kier alpha value is -1.56. The molecule has 0 spiro atoms. The van der Waals surface area contributed by atoms with Crippen LogP contribution in [0.1, 0.15) is 29.5 Å². The minimum Gasteiger partial charge on any atom is -0.370 e. The third-order valence-electron chi connectivity index (χ3n) is 3.61. The second-order valence-electron chi connectivity index (χ2n) is 5.50. The molecule has 0 heterocycles. The fourth-order valence-corrected chi connectivity index (χ4v) is 2.60. The van der Waals surface area contributed by atoms with E-state index in [9.17, 15) is 18.0 Å². The highest BCUT2D eigenvalue weighted by Crippen LogP contribution is 2.22. The summed E-state index contributed by atoms with van der Waals surface area (Å²) in [5.41, 5.74) is 3.61. The van der Waals surface area contributed by atoms with E-state index in [2.05, 4.69) is 22.2 Å². The van der Waals surface area contributed by atoms with Crippen LogP contribution in [0.2, 0.25) is 0 Å². The number of ether oxygens (including phenoxy) is 1. The van der Waals surface area contributed by atoms with Crippen LogP contribution in [0.15, 0.2) is 18.2 Å². The highest BCUT2D eigenvalue weighted by Gasteiger charge is 2.27. The number of amides is 1. The van der Waals surface area contributed by atoms with Gasteiger partial charge in [0, 0.05) is 6.54 Å². The molecule has 0 saturated heterocycles. The number of carbonyl (C=O) groups is 1. The molecule has 0 aliphatic heterocycles. The van der Waals surface area contributed by atoms with Crippen molar-refractivity contribution < 1.29 is 22.7 Å². The normalized spacial score (nSPS) is 14.5. The fraction of sp³-hybridized carbons (Fsp3) is 0.562. The average Bonchev–Trinajstić information content (AvgIpc) is 2.45. The molecule has 0 radical (unpaired) electrons. The first-order chi connectivity index (χ1) is 10.4. The van der Waals surface area contributed by atoms with Crippen molar-refractivity contribution in [3.05, 3.63) is 34.9 Å². The van der Waals surface area contributed by atoms with Gasteiger partial charge in [-0.3, -0.25) is 4.79 Å². The number of hydrogen-bond acceptors (Lipinski definition) is 2. The van der Waals surface area contributed by atoms with Crippen LogP contribution in [0.25, 0.3) is 0 Å². The summed E-state index contributed by atoms with van der Waals surface area (Å²) in [4.78, 5) is 11.8. The Bertz CT molecular complexity index is 515. The van der Waals surface area contributed by atoms with E-state index < -0.39 is 12.8 Å². The van der Waals surface area contributed by atoms with E-state index >= 15 is 0 Å². The molecule has 0 bridgehead atoms. The maximum absolute atomic E-state index is 11.9. The third kappa shape index (κ3) is 5.67. The van der Waals surface area contributed by atoms with E-state index in [-0.39, 0.29) is 25.5 Å². The van der Waals surface area contributed by atoms with Crippen LogP contribution in [0.3, 0.4) is 0 Å². The molecule has 1 aliphatic carbocycles. The fourth-order valence-electron chi connectivity index (χ4n) is 2.60. The second-order valence-corrected chi connectivity index (χ2v) is 5.50. The van der Waals surface area contributed by atoms with Gasteiger partial charge in [0.25, 0.3) is 0 Å². The number of hydrogen-bond donors (Lipinski definition) is 1. The lowest BCUT2D eigenvalue weighted by Gasteiger charge is -2.16. The Kier molecular flexibility index (Phi) is 5.83. The SMILES string of the molecule is O=C(Cc1ccc2c(c1)CCCC2)NCCOCC(F)(F)F. The zero-order valence-electron chi connectivity index (χ0n) is 12.3. The van der Waals surface area contributed by atoms with E-state index in [1.54, 1.807) is 0 Å². The van der Waals surface area contributed by atoms with Gasteiger partial charge in [0.15, 0.2) is 0 Å². The maximum Gasteiger partial charge on any atom is 0.411 e. The molecule has 0 aromatic heterocycles. The van der Waals surface area contributed by atoms with Gasteiger partial charge in [-0.1, -0.05) is 18.2 Å². The summed E-state index contributed by atoms with van der Waals surface area (Å²) >= 11 is 0. The molecule has 1 aliphatic rings. The molecule has 122 valence electrons. The standard InChI is InChI=1S/C16H20F3NO2/c17-16(18,19)11-22-8-7-20-15(21)10-12-5-6-13-3-1-2-4-14(13)9-12/h5-6,9H,1-4,7-8,10-11H2,(H,20,21). The van der Waals surface area contributed by atoms with Gasteiger partial charge in [-0.15, -0.1) is 0 Å². The van der Waals surface area contributed by atoms with E-state index in [1.165, 1.54) is 24.0 Å². The van der Waals surface area contributed by atoms with E-state index in [4.69, 9.17) is 0 Å². The molecule has 1 N–H and O–H groups in total. The van der Waals surface area contributed by atoms with Gasteiger partial charge in [-0.2, -0.15) is 13.2 Å². The summed E-state index contributed by atoms with van der Waals surface area (Å²) in [6, 6.07) is 6.08. The molecule has 1 amide bonds. The first-order valence-corrected chi connectivity index (χ1v) is 7.46. The smallest absolute Gasteiger partial charge is 0.370 e. The van der Waals surface area contributed by atoms with Crippen LogP contribution in [-0.4, -0.2) is 31.8 Å². The van der Waals surface area contributed by atoms with Crippen molar-refractivity contribution >= 4 is 5.91 Å². The van der Waals surface area contributed by atoms with Crippen molar-refractivity contribution in [1.29, 1.82) is 0 Å². The van der Waals surface area contributed by atoms with Crippen LogP contribution in [-0.2, 0) is 28.8 Å². The monoisotopic (exact) mass is 315 g/mol. The minimum atomic E-state index is -4.33. The van der Waals surface area contributed by atoms with E-state index in [0.717, 1.165) is 18.4 Å². The van der Waals surface area contributed by atoms with Crippen molar-refractivity contribution in [3.8, 4) is 0 Å². The number of carbonyl (C=O) groups excluding carboxylic acids is 1. The first kappa shape index (κ1) is 16.8. The van der Waals surface area contributed by atoms with Crippen LogP contribution in [0.4, 0.5) is 13.2 Å². The average molecular weight is 315 g/mol. The molecular formula is C16H20F3NO2. The molecule has 0 atom stereocenters. The Labute approximate surface area is 127 Å². The molecule has 0 saturated carbocycles. The molecule has 0 unspecified atom stereocenters. The summed E-state index contributed by atoms with van der Waals surface area (Å²) in [6.07, 6.45) is 0.456. The molecule has 6 heteroatoms. The van der Waals surface area contributed by atoms with Gasteiger partial charge in [0.05, 0.1) is 13.0 Å². The van der Waals surface area contributed by atoms with Crippen molar-refractivity contribution in [2.45, 2.75) is 38.3 Å². The van der Waals surface area contributed by atoms with Gasteiger partial charge in [0.2, 0.25) is 5.91 Å². The quantitative estimate of drug-likeness (QED) is 0.820. The Morgan fingerprint density at radius 2 is 1.91 bits per heavy atom. The Morgan fingerprint density at radius 3 is 2.64 bits per heavy atom. The summed E-state index contributed by atoms with van der Waals surface area (Å²) in [5.74, 6) is -0.202. The summed E-state index contributed by atoms with van der Waals surface area (Å²) < 4.78 is 40.0. The van der Waals surface area contributed by atoms with Crippen molar-refractivity contribution in [3.63, 3.8) is 0 Å². The van der Waals surface area contributed by atoms with Crippen LogP contribution >= 0.6 is 0 Å². The molecule has 2 rings (SSSR count). The second kappa shape index (κ2) is 7.63. The number of nitrogens with one attached hydrogen (secondary N) is 1. The van der Waals surface area contributed by atoms with Crippen LogP contribution in [0.5, 0.6) is 0 Å². The summed E-state index contributed by atoms with van der Waals surface area (Å²) in [5, 5.41) is 2.57. The molecule has 1 aromatic carbocycles.